The van der Waals surface area contributed by atoms with E-state index in [0.29, 0.717) is 6.42 Å². The molecule has 1 atom stereocenters. The zero-order valence-electron chi connectivity index (χ0n) is 10.9. The van der Waals surface area contributed by atoms with Gasteiger partial charge in [-0.3, -0.25) is 0 Å². The van der Waals surface area contributed by atoms with Gasteiger partial charge in [-0.15, -0.1) is 0 Å². The molecule has 0 heterocycles. The predicted molar refractivity (Wildman–Crippen MR) is 73.1 cm³/mol. The van der Waals surface area contributed by atoms with Crippen LogP contribution < -0.4 is 5.32 Å². The normalized spacial score (nSPS) is 12.4. The SMILES string of the molecule is CNC(Cc1ccccc1)Cc1c(F)cccc1F. The summed E-state index contributed by atoms with van der Waals surface area (Å²) < 4.78 is 27.2. The van der Waals surface area contributed by atoms with Crippen molar-refractivity contribution in [3.8, 4) is 0 Å². The molecule has 0 spiro atoms. The van der Waals surface area contributed by atoms with Crippen LogP contribution in [0.25, 0.3) is 0 Å². The lowest BCUT2D eigenvalue weighted by atomic mass is 9.98. The summed E-state index contributed by atoms with van der Waals surface area (Å²) in [5, 5.41) is 3.12. The standard InChI is InChI=1S/C16H17F2N/c1-19-13(10-12-6-3-2-4-7-12)11-14-15(17)8-5-9-16(14)18/h2-9,13,19H,10-11H2,1H3. The highest BCUT2D eigenvalue weighted by molar-refractivity contribution is 5.22. The summed E-state index contributed by atoms with van der Waals surface area (Å²) in [5.41, 5.74) is 1.30. The second-order valence-corrected chi connectivity index (χ2v) is 4.58. The van der Waals surface area contributed by atoms with E-state index in [0.717, 1.165) is 12.0 Å². The fourth-order valence-electron chi connectivity index (χ4n) is 2.15. The Hall–Kier alpha value is -1.74. The van der Waals surface area contributed by atoms with Crippen LogP contribution in [0, 0.1) is 11.6 Å². The van der Waals surface area contributed by atoms with E-state index in [-0.39, 0.29) is 11.6 Å². The molecule has 0 aliphatic carbocycles. The lowest BCUT2D eigenvalue weighted by Crippen LogP contribution is -2.30. The Morgan fingerprint density at radius 3 is 2.11 bits per heavy atom. The van der Waals surface area contributed by atoms with Gasteiger partial charge in [0.2, 0.25) is 0 Å². The topological polar surface area (TPSA) is 12.0 Å². The van der Waals surface area contributed by atoms with Crippen LogP contribution >= 0.6 is 0 Å². The Bertz CT molecular complexity index is 505. The molecule has 0 aromatic heterocycles. The van der Waals surface area contributed by atoms with Crippen LogP contribution in [0.3, 0.4) is 0 Å². The highest BCUT2D eigenvalue weighted by Crippen LogP contribution is 2.16. The summed E-state index contributed by atoms with van der Waals surface area (Å²) in [5.74, 6) is -0.957. The van der Waals surface area contributed by atoms with Crippen LogP contribution in [0.1, 0.15) is 11.1 Å². The Morgan fingerprint density at radius 1 is 0.895 bits per heavy atom. The van der Waals surface area contributed by atoms with Crippen LogP contribution in [0.2, 0.25) is 0 Å². The molecule has 3 heteroatoms. The molecule has 1 nitrogen and oxygen atoms in total. The van der Waals surface area contributed by atoms with Crippen LogP contribution in [0.5, 0.6) is 0 Å². The fraction of sp³-hybridized carbons (Fsp3) is 0.250. The van der Waals surface area contributed by atoms with Crippen LogP contribution in [-0.2, 0) is 12.8 Å². The molecule has 2 aromatic carbocycles. The average Bonchev–Trinajstić information content (AvgIpc) is 2.43. The number of halogens is 2. The van der Waals surface area contributed by atoms with E-state index in [1.165, 1.54) is 18.2 Å². The third-order valence-electron chi connectivity index (χ3n) is 3.25. The maximum Gasteiger partial charge on any atom is 0.129 e. The molecule has 0 aliphatic rings. The summed E-state index contributed by atoms with van der Waals surface area (Å²) in [6, 6.07) is 13.9. The van der Waals surface area contributed by atoms with Crippen molar-refractivity contribution in [1.82, 2.24) is 5.32 Å². The zero-order chi connectivity index (χ0) is 13.7. The third kappa shape index (κ3) is 3.61. The van der Waals surface area contributed by atoms with Crippen molar-refractivity contribution >= 4 is 0 Å². The smallest absolute Gasteiger partial charge is 0.129 e. The first kappa shape index (κ1) is 13.7. The summed E-state index contributed by atoms with van der Waals surface area (Å²) in [7, 11) is 1.81. The van der Waals surface area contributed by atoms with E-state index in [4.69, 9.17) is 0 Å². The largest absolute Gasteiger partial charge is 0.316 e. The molecule has 0 bridgehead atoms. The van der Waals surface area contributed by atoms with E-state index in [9.17, 15) is 8.78 Å². The second kappa shape index (κ2) is 6.43. The molecule has 2 rings (SSSR count). The molecular formula is C16H17F2N. The van der Waals surface area contributed by atoms with E-state index < -0.39 is 11.6 Å². The first-order valence-corrected chi connectivity index (χ1v) is 6.34. The molecule has 19 heavy (non-hydrogen) atoms. The Morgan fingerprint density at radius 2 is 1.53 bits per heavy atom. The van der Waals surface area contributed by atoms with Gasteiger partial charge in [-0.1, -0.05) is 36.4 Å². The molecule has 0 radical (unpaired) electrons. The minimum Gasteiger partial charge on any atom is -0.316 e. The van der Waals surface area contributed by atoms with Gasteiger partial charge in [-0.25, -0.2) is 8.78 Å². The Balaban J connectivity index is 2.11. The number of hydrogen-bond acceptors (Lipinski definition) is 1. The maximum absolute atomic E-state index is 13.6. The van der Waals surface area contributed by atoms with Crippen LogP contribution in [-0.4, -0.2) is 13.1 Å². The van der Waals surface area contributed by atoms with Crippen molar-refractivity contribution in [3.63, 3.8) is 0 Å². The molecule has 1 unspecified atom stereocenters. The van der Waals surface area contributed by atoms with Gasteiger partial charge in [0.15, 0.2) is 0 Å². The van der Waals surface area contributed by atoms with E-state index >= 15 is 0 Å². The highest BCUT2D eigenvalue weighted by atomic mass is 19.1. The second-order valence-electron chi connectivity index (χ2n) is 4.58. The number of likely N-dealkylation sites (N-methyl/N-ethyl adjacent to an activating group) is 1. The van der Waals surface area contributed by atoms with Gasteiger partial charge in [-0.05, 0) is 37.6 Å². The molecule has 2 aromatic rings. The molecule has 1 N–H and O–H groups in total. The summed E-state index contributed by atoms with van der Waals surface area (Å²) in [4.78, 5) is 0. The molecular weight excluding hydrogens is 244 g/mol. The predicted octanol–water partition coefficient (Wildman–Crippen LogP) is 3.34. The Labute approximate surface area is 112 Å². The summed E-state index contributed by atoms with van der Waals surface area (Å²) in [6.07, 6.45) is 1.08. The molecule has 0 amide bonds. The monoisotopic (exact) mass is 261 g/mol. The third-order valence-corrected chi connectivity index (χ3v) is 3.25. The van der Waals surface area contributed by atoms with Crippen molar-refractivity contribution in [2.75, 3.05) is 7.05 Å². The van der Waals surface area contributed by atoms with Crippen LogP contribution in [0.4, 0.5) is 8.78 Å². The van der Waals surface area contributed by atoms with Crippen molar-refractivity contribution in [2.24, 2.45) is 0 Å². The first-order chi connectivity index (χ1) is 9.20. The number of benzene rings is 2. The van der Waals surface area contributed by atoms with Gasteiger partial charge >= 0.3 is 0 Å². The first-order valence-electron chi connectivity index (χ1n) is 6.34. The van der Waals surface area contributed by atoms with Gasteiger partial charge in [0.1, 0.15) is 11.6 Å². The minimum atomic E-state index is -0.478. The zero-order valence-corrected chi connectivity index (χ0v) is 10.9. The number of hydrogen-bond donors (Lipinski definition) is 1. The Kier molecular flexibility index (Phi) is 4.63. The van der Waals surface area contributed by atoms with Gasteiger partial charge < -0.3 is 5.32 Å². The summed E-state index contributed by atoms with van der Waals surface area (Å²) in [6.45, 7) is 0. The highest BCUT2D eigenvalue weighted by Gasteiger charge is 2.14. The molecule has 0 aliphatic heterocycles. The van der Waals surface area contributed by atoms with Crippen molar-refractivity contribution in [2.45, 2.75) is 18.9 Å². The minimum absolute atomic E-state index is 0.00815. The fourth-order valence-corrected chi connectivity index (χ4v) is 2.15. The molecule has 0 saturated heterocycles. The van der Waals surface area contributed by atoms with Crippen molar-refractivity contribution in [1.29, 1.82) is 0 Å². The lowest BCUT2D eigenvalue weighted by molar-refractivity contribution is 0.502. The maximum atomic E-state index is 13.6. The molecule has 0 saturated carbocycles. The van der Waals surface area contributed by atoms with E-state index in [2.05, 4.69) is 5.32 Å². The average molecular weight is 261 g/mol. The van der Waals surface area contributed by atoms with Gasteiger partial charge in [-0.2, -0.15) is 0 Å². The van der Waals surface area contributed by atoms with Gasteiger partial charge in [0.25, 0.3) is 0 Å². The van der Waals surface area contributed by atoms with Gasteiger partial charge in [0.05, 0.1) is 0 Å². The molecule has 100 valence electrons. The van der Waals surface area contributed by atoms with Crippen molar-refractivity contribution < 1.29 is 8.78 Å². The lowest BCUT2D eigenvalue weighted by Gasteiger charge is -2.17. The molecule has 0 fully saturated rings. The number of nitrogens with one attached hydrogen (secondary N) is 1. The van der Waals surface area contributed by atoms with Gasteiger partial charge in [0, 0.05) is 11.6 Å². The summed E-state index contributed by atoms with van der Waals surface area (Å²) >= 11 is 0. The number of rotatable bonds is 5. The van der Waals surface area contributed by atoms with E-state index in [1.807, 2.05) is 37.4 Å². The quantitative estimate of drug-likeness (QED) is 0.870. The van der Waals surface area contributed by atoms with Crippen LogP contribution in [0.15, 0.2) is 48.5 Å². The van der Waals surface area contributed by atoms with Crippen molar-refractivity contribution in [3.05, 3.63) is 71.3 Å². The van der Waals surface area contributed by atoms with E-state index in [1.54, 1.807) is 0 Å².